The molecule has 2 nitrogen and oxygen atoms in total. The van der Waals surface area contributed by atoms with Crippen molar-refractivity contribution in [1.29, 1.82) is 0 Å². The standard InChI is InChI=1S/C13H16O2/c1-3-7-11-8-5-6-9-12(11)10-15-13(14)4-2/h4-6,8-9H,2-3,7,10H2,1H3. The van der Waals surface area contributed by atoms with Crippen LogP contribution in [-0.4, -0.2) is 5.97 Å². The van der Waals surface area contributed by atoms with Crippen molar-refractivity contribution in [2.75, 3.05) is 0 Å². The molecule has 0 unspecified atom stereocenters. The van der Waals surface area contributed by atoms with Crippen molar-refractivity contribution in [3.05, 3.63) is 48.0 Å². The zero-order valence-electron chi connectivity index (χ0n) is 9.03. The largest absolute Gasteiger partial charge is 0.458 e. The van der Waals surface area contributed by atoms with E-state index >= 15 is 0 Å². The maximum absolute atomic E-state index is 10.9. The van der Waals surface area contributed by atoms with E-state index in [4.69, 9.17) is 4.74 Å². The van der Waals surface area contributed by atoms with Gasteiger partial charge in [0.15, 0.2) is 0 Å². The van der Waals surface area contributed by atoms with Crippen LogP contribution < -0.4 is 0 Å². The van der Waals surface area contributed by atoms with E-state index in [1.165, 1.54) is 11.6 Å². The predicted octanol–water partition coefficient (Wildman–Crippen LogP) is 2.87. The fourth-order valence-corrected chi connectivity index (χ4v) is 1.42. The van der Waals surface area contributed by atoms with Gasteiger partial charge in [-0.2, -0.15) is 0 Å². The minimum Gasteiger partial charge on any atom is -0.458 e. The Morgan fingerprint density at radius 3 is 2.67 bits per heavy atom. The zero-order valence-corrected chi connectivity index (χ0v) is 9.03. The van der Waals surface area contributed by atoms with Crippen molar-refractivity contribution in [3.8, 4) is 0 Å². The number of carbonyl (C=O) groups is 1. The van der Waals surface area contributed by atoms with E-state index in [0.29, 0.717) is 6.61 Å². The molecule has 0 saturated carbocycles. The number of aryl methyl sites for hydroxylation is 1. The van der Waals surface area contributed by atoms with Crippen LogP contribution in [0.15, 0.2) is 36.9 Å². The number of benzene rings is 1. The first-order valence-corrected chi connectivity index (χ1v) is 5.14. The molecule has 0 radical (unpaired) electrons. The number of hydrogen-bond acceptors (Lipinski definition) is 2. The third-order valence-electron chi connectivity index (χ3n) is 2.17. The topological polar surface area (TPSA) is 26.3 Å². The number of carbonyl (C=O) groups excluding carboxylic acids is 1. The van der Waals surface area contributed by atoms with Crippen molar-refractivity contribution in [2.24, 2.45) is 0 Å². The highest BCUT2D eigenvalue weighted by Crippen LogP contribution is 2.12. The van der Waals surface area contributed by atoms with E-state index in [1.54, 1.807) is 0 Å². The third kappa shape index (κ3) is 3.58. The second-order valence-corrected chi connectivity index (χ2v) is 3.33. The molecular weight excluding hydrogens is 188 g/mol. The van der Waals surface area contributed by atoms with E-state index in [2.05, 4.69) is 19.6 Å². The Morgan fingerprint density at radius 2 is 2.07 bits per heavy atom. The van der Waals surface area contributed by atoms with Crippen LogP contribution in [0.5, 0.6) is 0 Å². The van der Waals surface area contributed by atoms with Crippen LogP contribution >= 0.6 is 0 Å². The molecule has 0 aliphatic carbocycles. The molecular formula is C13H16O2. The number of esters is 1. The second kappa shape index (κ2) is 6.02. The molecule has 0 spiro atoms. The van der Waals surface area contributed by atoms with E-state index < -0.39 is 0 Å². The molecule has 80 valence electrons. The summed E-state index contributed by atoms with van der Waals surface area (Å²) in [6, 6.07) is 8.02. The maximum Gasteiger partial charge on any atom is 0.330 e. The molecule has 1 aromatic rings. The van der Waals surface area contributed by atoms with E-state index in [-0.39, 0.29) is 5.97 Å². The van der Waals surface area contributed by atoms with Crippen molar-refractivity contribution in [2.45, 2.75) is 26.4 Å². The molecule has 1 aromatic carbocycles. The van der Waals surface area contributed by atoms with Gasteiger partial charge in [-0.15, -0.1) is 0 Å². The Kier molecular flexibility index (Phi) is 4.61. The summed E-state index contributed by atoms with van der Waals surface area (Å²) >= 11 is 0. The lowest BCUT2D eigenvalue weighted by Gasteiger charge is -2.08. The van der Waals surface area contributed by atoms with Gasteiger partial charge in [-0.05, 0) is 17.5 Å². The quantitative estimate of drug-likeness (QED) is 0.544. The molecule has 0 aliphatic rings. The molecule has 2 heteroatoms. The number of ether oxygens (including phenoxy) is 1. The molecule has 0 heterocycles. The maximum atomic E-state index is 10.9. The smallest absolute Gasteiger partial charge is 0.330 e. The van der Waals surface area contributed by atoms with Gasteiger partial charge in [0.05, 0.1) is 0 Å². The normalized spacial score (nSPS) is 9.67. The Bertz CT molecular complexity index is 342. The molecule has 0 fully saturated rings. The Labute approximate surface area is 90.6 Å². The highest BCUT2D eigenvalue weighted by Gasteiger charge is 2.02. The molecule has 0 atom stereocenters. The van der Waals surface area contributed by atoms with Gasteiger partial charge in [-0.1, -0.05) is 44.2 Å². The summed E-state index contributed by atoms with van der Waals surface area (Å²) in [7, 11) is 0. The summed E-state index contributed by atoms with van der Waals surface area (Å²) in [5, 5.41) is 0. The summed E-state index contributed by atoms with van der Waals surface area (Å²) in [5.74, 6) is -0.374. The van der Waals surface area contributed by atoms with Crippen molar-refractivity contribution < 1.29 is 9.53 Å². The summed E-state index contributed by atoms with van der Waals surface area (Å²) < 4.78 is 5.01. The summed E-state index contributed by atoms with van der Waals surface area (Å²) in [5.41, 5.74) is 2.33. The number of rotatable bonds is 5. The summed E-state index contributed by atoms with van der Waals surface area (Å²) in [6.45, 7) is 5.82. The van der Waals surface area contributed by atoms with Gasteiger partial charge in [0.2, 0.25) is 0 Å². The van der Waals surface area contributed by atoms with E-state index in [1.807, 2.05) is 18.2 Å². The molecule has 15 heavy (non-hydrogen) atoms. The number of hydrogen-bond donors (Lipinski definition) is 0. The van der Waals surface area contributed by atoms with Crippen LogP contribution in [-0.2, 0) is 22.6 Å². The van der Waals surface area contributed by atoms with E-state index in [9.17, 15) is 4.79 Å². The summed E-state index contributed by atoms with van der Waals surface area (Å²) in [6.07, 6.45) is 3.29. The highest BCUT2D eigenvalue weighted by atomic mass is 16.5. The Morgan fingerprint density at radius 1 is 1.40 bits per heavy atom. The molecule has 0 bridgehead atoms. The zero-order chi connectivity index (χ0) is 11.1. The minimum atomic E-state index is -0.374. The van der Waals surface area contributed by atoms with Gasteiger partial charge in [0, 0.05) is 6.08 Å². The van der Waals surface area contributed by atoms with Crippen molar-refractivity contribution in [1.82, 2.24) is 0 Å². The highest BCUT2D eigenvalue weighted by molar-refractivity contribution is 5.81. The van der Waals surface area contributed by atoms with Gasteiger partial charge in [-0.3, -0.25) is 0 Å². The first kappa shape index (κ1) is 11.5. The van der Waals surface area contributed by atoms with Gasteiger partial charge >= 0.3 is 5.97 Å². The monoisotopic (exact) mass is 204 g/mol. The first-order chi connectivity index (χ1) is 7.27. The Balaban J connectivity index is 2.66. The lowest BCUT2D eigenvalue weighted by atomic mass is 10.0. The second-order valence-electron chi connectivity index (χ2n) is 3.33. The van der Waals surface area contributed by atoms with Crippen LogP contribution in [0.3, 0.4) is 0 Å². The van der Waals surface area contributed by atoms with Crippen LogP contribution in [0.4, 0.5) is 0 Å². The third-order valence-corrected chi connectivity index (χ3v) is 2.17. The molecule has 0 N–H and O–H groups in total. The average molecular weight is 204 g/mol. The molecule has 0 aromatic heterocycles. The van der Waals surface area contributed by atoms with Crippen LogP contribution in [0.1, 0.15) is 24.5 Å². The lowest BCUT2D eigenvalue weighted by Crippen LogP contribution is -2.02. The SMILES string of the molecule is C=CC(=O)OCc1ccccc1CCC. The van der Waals surface area contributed by atoms with Crippen LogP contribution in [0, 0.1) is 0 Å². The molecule has 0 aliphatic heterocycles. The first-order valence-electron chi connectivity index (χ1n) is 5.14. The van der Waals surface area contributed by atoms with Crippen LogP contribution in [0.25, 0.3) is 0 Å². The molecule has 0 saturated heterocycles. The van der Waals surface area contributed by atoms with E-state index in [0.717, 1.165) is 18.4 Å². The predicted molar refractivity (Wildman–Crippen MR) is 60.4 cm³/mol. The average Bonchev–Trinajstić information content (AvgIpc) is 2.28. The van der Waals surface area contributed by atoms with Gasteiger partial charge in [0.25, 0.3) is 0 Å². The minimum absolute atomic E-state index is 0.334. The molecule has 0 amide bonds. The fraction of sp³-hybridized carbons (Fsp3) is 0.308. The lowest BCUT2D eigenvalue weighted by molar-refractivity contribution is -0.138. The fourth-order valence-electron chi connectivity index (χ4n) is 1.42. The molecule has 1 rings (SSSR count). The van der Waals surface area contributed by atoms with Crippen LogP contribution in [0.2, 0.25) is 0 Å². The van der Waals surface area contributed by atoms with Crippen molar-refractivity contribution >= 4 is 5.97 Å². The Hall–Kier alpha value is -1.57. The van der Waals surface area contributed by atoms with Gasteiger partial charge in [-0.25, -0.2) is 4.79 Å². The van der Waals surface area contributed by atoms with Gasteiger partial charge < -0.3 is 4.74 Å². The van der Waals surface area contributed by atoms with Gasteiger partial charge in [0.1, 0.15) is 6.61 Å². The summed E-state index contributed by atoms with van der Waals surface area (Å²) in [4.78, 5) is 10.9. The van der Waals surface area contributed by atoms with Crippen molar-refractivity contribution in [3.63, 3.8) is 0 Å².